The number of aryl methyl sites for hydroxylation is 1. The van der Waals surface area contributed by atoms with E-state index in [0.29, 0.717) is 10.7 Å². The SMILES string of the molecule is Cc1ccc(Cl)cc1NC(=O)[C@@H]1CC(=O)NC(Nc2ccccc2)=N1. The van der Waals surface area contributed by atoms with Gasteiger partial charge in [-0.15, -0.1) is 0 Å². The summed E-state index contributed by atoms with van der Waals surface area (Å²) in [6.45, 7) is 1.87. The van der Waals surface area contributed by atoms with Gasteiger partial charge in [0.05, 0.1) is 6.42 Å². The molecule has 0 aliphatic carbocycles. The van der Waals surface area contributed by atoms with E-state index in [1.807, 2.05) is 43.3 Å². The lowest BCUT2D eigenvalue weighted by atomic mass is 10.1. The van der Waals surface area contributed by atoms with Gasteiger partial charge in [0.2, 0.25) is 17.8 Å². The zero-order valence-corrected chi connectivity index (χ0v) is 14.3. The number of aliphatic imine (C=N–C) groups is 1. The highest BCUT2D eigenvalue weighted by Gasteiger charge is 2.27. The molecule has 0 unspecified atom stereocenters. The Morgan fingerprint density at radius 2 is 2.00 bits per heavy atom. The highest BCUT2D eigenvalue weighted by atomic mass is 35.5. The molecule has 6 nitrogen and oxygen atoms in total. The number of guanidine groups is 1. The zero-order chi connectivity index (χ0) is 17.8. The Morgan fingerprint density at radius 1 is 1.24 bits per heavy atom. The largest absolute Gasteiger partial charge is 0.326 e. The number of hydrogen-bond donors (Lipinski definition) is 3. The fraction of sp³-hybridized carbons (Fsp3) is 0.167. The van der Waals surface area contributed by atoms with E-state index in [-0.39, 0.29) is 24.2 Å². The highest BCUT2D eigenvalue weighted by Crippen LogP contribution is 2.21. The Morgan fingerprint density at radius 3 is 2.76 bits per heavy atom. The molecule has 2 amide bonds. The summed E-state index contributed by atoms with van der Waals surface area (Å²) >= 11 is 5.97. The third kappa shape index (κ3) is 4.36. The van der Waals surface area contributed by atoms with Gasteiger partial charge in [-0.25, -0.2) is 4.99 Å². The van der Waals surface area contributed by atoms with Crippen LogP contribution < -0.4 is 16.0 Å². The minimum atomic E-state index is -0.807. The molecule has 0 fully saturated rings. The van der Waals surface area contributed by atoms with Gasteiger partial charge in [-0.2, -0.15) is 0 Å². The molecular weight excluding hydrogens is 340 g/mol. The zero-order valence-electron chi connectivity index (χ0n) is 13.5. The van der Waals surface area contributed by atoms with Crippen molar-refractivity contribution in [1.82, 2.24) is 5.32 Å². The minimum Gasteiger partial charge on any atom is -0.326 e. The fourth-order valence-electron chi connectivity index (χ4n) is 2.41. The van der Waals surface area contributed by atoms with E-state index in [9.17, 15) is 9.59 Å². The topological polar surface area (TPSA) is 82.6 Å². The molecule has 2 aromatic rings. The Balaban J connectivity index is 1.75. The number of rotatable bonds is 3. The molecule has 1 atom stereocenters. The quantitative estimate of drug-likeness (QED) is 0.790. The molecule has 1 aliphatic heterocycles. The summed E-state index contributed by atoms with van der Waals surface area (Å²) in [6, 6.07) is 13.7. The van der Waals surface area contributed by atoms with Gasteiger partial charge in [0, 0.05) is 16.4 Å². The van der Waals surface area contributed by atoms with E-state index in [1.54, 1.807) is 12.1 Å². The lowest BCUT2D eigenvalue weighted by Gasteiger charge is -2.21. The Labute approximate surface area is 150 Å². The van der Waals surface area contributed by atoms with Gasteiger partial charge in [0.15, 0.2) is 0 Å². The number of anilines is 2. The van der Waals surface area contributed by atoms with Crippen LogP contribution >= 0.6 is 11.6 Å². The second-order valence-corrected chi connectivity index (χ2v) is 6.12. The van der Waals surface area contributed by atoms with Crippen LogP contribution in [0.4, 0.5) is 11.4 Å². The van der Waals surface area contributed by atoms with Crippen molar-refractivity contribution >= 4 is 40.7 Å². The number of carbonyl (C=O) groups is 2. The molecule has 0 bridgehead atoms. The molecule has 1 aliphatic rings. The smallest absolute Gasteiger partial charge is 0.249 e. The van der Waals surface area contributed by atoms with E-state index in [4.69, 9.17) is 11.6 Å². The van der Waals surface area contributed by atoms with Crippen LogP contribution in [-0.2, 0) is 9.59 Å². The molecule has 1 heterocycles. The Kier molecular flexibility index (Phi) is 5.00. The Bertz CT molecular complexity index is 836. The number of nitrogens with one attached hydrogen (secondary N) is 3. The molecule has 0 saturated carbocycles. The second kappa shape index (κ2) is 7.36. The molecule has 3 N–H and O–H groups in total. The number of amides is 2. The van der Waals surface area contributed by atoms with Crippen LogP contribution in [0.15, 0.2) is 53.5 Å². The summed E-state index contributed by atoms with van der Waals surface area (Å²) in [5.41, 5.74) is 2.26. The van der Waals surface area contributed by atoms with E-state index in [1.165, 1.54) is 0 Å². The molecule has 7 heteroatoms. The van der Waals surface area contributed by atoms with Gasteiger partial charge in [-0.05, 0) is 36.8 Å². The first-order valence-electron chi connectivity index (χ1n) is 7.78. The van der Waals surface area contributed by atoms with Crippen molar-refractivity contribution in [2.45, 2.75) is 19.4 Å². The molecule has 25 heavy (non-hydrogen) atoms. The van der Waals surface area contributed by atoms with Crippen molar-refractivity contribution in [1.29, 1.82) is 0 Å². The molecule has 3 rings (SSSR count). The van der Waals surface area contributed by atoms with Crippen molar-refractivity contribution in [3.63, 3.8) is 0 Å². The van der Waals surface area contributed by atoms with Crippen molar-refractivity contribution in [2.75, 3.05) is 10.6 Å². The number of hydrogen-bond acceptors (Lipinski definition) is 4. The third-order valence-corrected chi connectivity index (χ3v) is 3.95. The van der Waals surface area contributed by atoms with Crippen LogP contribution in [0, 0.1) is 6.92 Å². The first-order valence-corrected chi connectivity index (χ1v) is 8.16. The standard InChI is InChI=1S/C18H17ClN4O2/c1-11-7-8-12(19)9-14(11)21-17(25)15-10-16(24)23-18(22-15)20-13-5-3-2-4-6-13/h2-9,15H,10H2,1H3,(H,21,25)(H2,20,22,23,24)/t15-/m0/s1. The summed E-state index contributed by atoms with van der Waals surface area (Å²) in [5, 5.41) is 8.94. The number of benzene rings is 2. The predicted molar refractivity (Wildman–Crippen MR) is 98.9 cm³/mol. The fourth-order valence-corrected chi connectivity index (χ4v) is 2.58. The molecule has 0 saturated heterocycles. The predicted octanol–water partition coefficient (Wildman–Crippen LogP) is 2.94. The van der Waals surface area contributed by atoms with Crippen molar-refractivity contribution in [3.05, 3.63) is 59.1 Å². The average Bonchev–Trinajstić information content (AvgIpc) is 2.58. The van der Waals surface area contributed by atoms with Gasteiger partial charge < -0.3 is 10.6 Å². The summed E-state index contributed by atoms with van der Waals surface area (Å²) in [6.07, 6.45) is -0.00852. The number of carbonyl (C=O) groups excluding carboxylic acids is 2. The average molecular weight is 357 g/mol. The van der Waals surface area contributed by atoms with E-state index >= 15 is 0 Å². The number of halogens is 1. The maximum Gasteiger partial charge on any atom is 0.249 e. The van der Waals surface area contributed by atoms with E-state index in [2.05, 4.69) is 20.9 Å². The summed E-state index contributed by atoms with van der Waals surface area (Å²) < 4.78 is 0. The summed E-state index contributed by atoms with van der Waals surface area (Å²) in [4.78, 5) is 28.7. The number of para-hydroxylation sites is 1. The first-order chi connectivity index (χ1) is 12.0. The first kappa shape index (κ1) is 17.0. The second-order valence-electron chi connectivity index (χ2n) is 5.69. The van der Waals surface area contributed by atoms with Crippen LogP contribution in [0.25, 0.3) is 0 Å². The summed E-state index contributed by atoms with van der Waals surface area (Å²) in [5.74, 6) is -0.366. The van der Waals surface area contributed by atoms with Crippen molar-refractivity contribution in [3.8, 4) is 0 Å². The monoisotopic (exact) mass is 356 g/mol. The van der Waals surface area contributed by atoms with Crippen molar-refractivity contribution < 1.29 is 9.59 Å². The Hall–Kier alpha value is -2.86. The van der Waals surface area contributed by atoms with Crippen LogP contribution in [0.3, 0.4) is 0 Å². The van der Waals surface area contributed by atoms with Gasteiger partial charge in [0.1, 0.15) is 6.04 Å². The van der Waals surface area contributed by atoms with Crippen LogP contribution in [0.5, 0.6) is 0 Å². The normalized spacial score (nSPS) is 16.6. The molecule has 128 valence electrons. The van der Waals surface area contributed by atoms with Crippen molar-refractivity contribution in [2.24, 2.45) is 4.99 Å². The minimum absolute atomic E-state index is 0.00852. The maximum atomic E-state index is 12.5. The summed E-state index contributed by atoms with van der Waals surface area (Å²) in [7, 11) is 0. The molecular formula is C18H17ClN4O2. The molecule has 0 aromatic heterocycles. The maximum absolute atomic E-state index is 12.5. The molecule has 2 aromatic carbocycles. The van der Waals surface area contributed by atoms with E-state index < -0.39 is 6.04 Å². The van der Waals surface area contributed by atoms with Crippen LogP contribution in [0.1, 0.15) is 12.0 Å². The molecule has 0 spiro atoms. The van der Waals surface area contributed by atoms with Gasteiger partial charge in [-0.1, -0.05) is 35.9 Å². The van der Waals surface area contributed by atoms with Crippen LogP contribution in [-0.4, -0.2) is 23.8 Å². The van der Waals surface area contributed by atoms with Gasteiger partial charge in [-0.3, -0.25) is 14.9 Å². The van der Waals surface area contributed by atoms with E-state index in [0.717, 1.165) is 11.3 Å². The van der Waals surface area contributed by atoms with Gasteiger partial charge >= 0.3 is 0 Å². The lowest BCUT2D eigenvalue weighted by Crippen LogP contribution is -2.45. The highest BCUT2D eigenvalue weighted by molar-refractivity contribution is 6.31. The molecule has 0 radical (unpaired) electrons. The van der Waals surface area contributed by atoms with Crippen LogP contribution in [0.2, 0.25) is 5.02 Å². The number of nitrogens with zero attached hydrogens (tertiary/aromatic N) is 1. The van der Waals surface area contributed by atoms with Gasteiger partial charge in [0.25, 0.3) is 0 Å². The third-order valence-electron chi connectivity index (χ3n) is 3.72. The lowest BCUT2D eigenvalue weighted by molar-refractivity contribution is -0.124.